The van der Waals surface area contributed by atoms with E-state index in [9.17, 15) is 9.90 Å². The van der Waals surface area contributed by atoms with Crippen molar-refractivity contribution in [3.8, 4) is 0 Å². The van der Waals surface area contributed by atoms with Gasteiger partial charge in [-0.2, -0.15) is 0 Å². The van der Waals surface area contributed by atoms with Gasteiger partial charge in [0.05, 0.1) is 6.10 Å². The molecule has 0 spiro atoms. The summed E-state index contributed by atoms with van der Waals surface area (Å²) >= 11 is 0. The van der Waals surface area contributed by atoms with Crippen LogP contribution in [0.15, 0.2) is 30.3 Å². The summed E-state index contributed by atoms with van der Waals surface area (Å²) in [5.74, 6) is 2.55. The van der Waals surface area contributed by atoms with Crippen LogP contribution in [0.25, 0.3) is 0 Å². The third-order valence-electron chi connectivity index (χ3n) is 13.3. The van der Waals surface area contributed by atoms with Crippen LogP contribution in [0.4, 0.5) is 0 Å². The molecule has 2 N–H and O–H groups in total. The lowest BCUT2D eigenvalue weighted by molar-refractivity contribution is -0.126. The molecule has 1 aromatic carbocycles. The molecule has 224 valence electrons. The molecule has 40 heavy (non-hydrogen) atoms. The summed E-state index contributed by atoms with van der Waals surface area (Å²) in [6.07, 6.45) is 11.7. The number of aliphatic hydroxyl groups is 1. The highest BCUT2D eigenvalue weighted by molar-refractivity contribution is 5.76. The van der Waals surface area contributed by atoms with Crippen molar-refractivity contribution in [1.29, 1.82) is 0 Å². The number of carbonyl (C=O) groups is 1. The fraction of sp³-hybridized carbons (Fsp3) is 0.806. The Labute approximate surface area is 244 Å². The van der Waals surface area contributed by atoms with Crippen LogP contribution in [0.5, 0.6) is 0 Å². The van der Waals surface area contributed by atoms with Crippen molar-refractivity contribution in [3.63, 3.8) is 0 Å². The third kappa shape index (κ3) is 4.41. The molecule has 0 aromatic heterocycles. The highest BCUT2D eigenvalue weighted by atomic mass is 16.6. The SMILES string of the molecule is CC(C)CCC[C@@H](C)[C@@H]1CC[C@]2(C)[C@@]34CC[C@@H]([C@H](C)O)[C@](C)(CCC(=O)NCc5ccccc5)[C@]3(CC[C@]12C)O4. The van der Waals surface area contributed by atoms with Gasteiger partial charge in [0, 0.05) is 23.8 Å². The van der Waals surface area contributed by atoms with Gasteiger partial charge < -0.3 is 15.2 Å². The van der Waals surface area contributed by atoms with E-state index in [0.717, 1.165) is 49.0 Å². The molecule has 1 amide bonds. The van der Waals surface area contributed by atoms with E-state index < -0.39 is 6.10 Å². The van der Waals surface area contributed by atoms with E-state index in [1.165, 1.54) is 38.5 Å². The van der Waals surface area contributed by atoms with Crippen LogP contribution < -0.4 is 5.32 Å². The Bertz CT molecular complexity index is 1060. The van der Waals surface area contributed by atoms with Crippen LogP contribution >= 0.6 is 0 Å². The molecular formula is C36H57NO3. The summed E-state index contributed by atoms with van der Waals surface area (Å²) in [6, 6.07) is 10.1. The zero-order valence-electron chi connectivity index (χ0n) is 26.5. The molecule has 0 unspecified atom stereocenters. The minimum absolute atomic E-state index is 0.102. The lowest BCUT2D eigenvalue weighted by atomic mass is 9.41. The lowest BCUT2D eigenvalue weighted by Gasteiger charge is -2.60. The number of fused-ring (bicyclic) bond motifs is 1. The van der Waals surface area contributed by atoms with E-state index in [1.807, 2.05) is 25.1 Å². The van der Waals surface area contributed by atoms with Crippen molar-refractivity contribution in [2.75, 3.05) is 0 Å². The Kier molecular flexibility index (Phi) is 8.05. The highest BCUT2D eigenvalue weighted by Crippen LogP contribution is 2.84. The summed E-state index contributed by atoms with van der Waals surface area (Å²) in [6.45, 7) is 17.3. The van der Waals surface area contributed by atoms with E-state index in [4.69, 9.17) is 4.74 Å². The lowest BCUT2D eigenvalue weighted by Crippen LogP contribution is -2.63. The van der Waals surface area contributed by atoms with Gasteiger partial charge in [-0.05, 0) is 86.5 Å². The minimum Gasteiger partial charge on any atom is -0.393 e. The fourth-order valence-electron chi connectivity index (χ4n) is 10.9. The van der Waals surface area contributed by atoms with Gasteiger partial charge in [0.25, 0.3) is 0 Å². The average molecular weight is 552 g/mol. The topological polar surface area (TPSA) is 61.9 Å². The minimum atomic E-state index is -0.396. The summed E-state index contributed by atoms with van der Waals surface area (Å²) in [5, 5.41) is 14.2. The molecule has 5 rings (SSSR count). The van der Waals surface area contributed by atoms with Gasteiger partial charge >= 0.3 is 0 Å². The number of nitrogens with one attached hydrogen (secondary N) is 1. The Hall–Kier alpha value is -1.39. The largest absolute Gasteiger partial charge is 0.393 e. The monoisotopic (exact) mass is 551 g/mol. The molecule has 4 nitrogen and oxygen atoms in total. The fourth-order valence-corrected chi connectivity index (χ4v) is 10.9. The van der Waals surface area contributed by atoms with Gasteiger partial charge in [-0.25, -0.2) is 0 Å². The number of hydrogen-bond donors (Lipinski definition) is 2. The van der Waals surface area contributed by atoms with Gasteiger partial charge in [-0.1, -0.05) is 91.1 Å². The summed E-state index contributed by atoms with van der Waals surface area (Å²) in [7, 11) is 0. The number of amides is 1. The Morgan fingerprint density at radius 1 is 0.950 bits per heavy atom. The van der Waals surface area contributed by atoms with Crippen molar-refractivity contribution in [2.24, 2.45) is 39.9 Å². The number of rotatable bonds is 11. The zero-order chi connectivity index (χ0) is 29.0. The Balaban J connectivity index is 1.34. The molecule has 0 radical (unpaired) electrons. The van der Waals surface area contributed by atoms with Crippen molar-refractivity contribution < 1.29 is 14.6 Å². The highest BCUT2D eigenvalue weighted by Gasteiger charge is 2.89. The molecule has 1 aromatic rings. The maximum Gasteiger partial charge on any atom is 0.220 e. The molecule has 4 aliphatic rings. The smallest absolute Gasteiger partial charge is 0.220 e. The molecule has 1 heterocycles. The van der Waals surface area contributed by atoms with Gasteiger partial charge in [0.15, 0.2) is 0 Å². The van der Waals surface area contributed by atoms with E-state index in [1.54, 1.807) is 0 Å². The average Bonchev–Trinajstić information content (AvgIpc) is 3.55. The van der Waals surface area contributed by atoms with E-state index >= 15 is 0 Å². The number of aliphatic hydroxyl groups excluding tert-OH is 1. The van der Waals surface area contributed by atoms with E-state index in [-0.39, 0.29) is 39.3 Å². The van der Waals surface area contributed by atoms with Crippen molar-refractivity contribution >= 4 is 5.91 Å². The first-order valence-corrected chi connectivity index (χ1v) is 16.5. The summed E-state index contributed by atoms with van der Waals surface area (Å²) in [4.78, 5) is 13.1. The predicted octanol–water partition coefficient (Wildman–Crippen LogP) is 8.07. The normalized spacial score (nSPS) is 41.5. The van der Waals surface area contributed by atoms with Crippen LogP contribution in [0.1, 0.15) is 125 Å². The molecule has 3 aliphatic carbocycles. The first-order valence-electron chi connectivity index (χ1n) is 16.5. The molecular weight excluding hydrogens is 494 g/mol. The zero-order valence-corrected chi connectivity index (χ0v) is 26.5. The molecule has 1 saturated heterocycles. The first kappa shape index (κ1) is 30.1. The van der Waals surface area contributed by atoms with Crippen LogP contribution in [0.2, 0.25) is 0 Å². The van der Waals surface area contributed by atoms with Gasteiger partial charge in [-0.3, -0.25) is 4.79 Å². The van der Waals surface area contributed by atoms with Gasteiger partial charge in [0.1, 0.15) is 11.2 Å². The number of hydrogen-bond acceptors (Lipinski definition) is 3. The summed E-state index contributed by atoms with van der Waals surface area (Å²) in [5.41, 5.74) is 1.02. The maximum atomic E-state index is 13.1. The summed E-state index contributed by atoms with van der Waals surface area (Å²) < 4.78 is 7.25. The number of epoxide rings is 1. The predicted molar refractivity (Wildman–Crippen MR) is 163 cm³/mol. The third-order valence-corrected chi connectivity index (χ3v) is 13.3. The van der Waals surface area contributed by atoms with Crippen LogP contribution in [0.3, 0.4) is 0 Å². The van der Waals surface area contributed by atoms with Gasteiger partial charge in [0.2, 0.25) is 5.91 Å². The number of benzene rings is 1. The molecule has 3 saturated carbocycles. The van der Waals surface area contributed by atoms with E-state index in [0.29, 0.717) is 13.0 Å². The number of ether oxygens (including phenoxy) is 1. The standard InChI is InChI=1S/C36H57NO3/c1-25(2)12-11-13-26(3)29-16-20-34(7)32(29,5)22-23-35-33(6,30(27(4)38)17-21-36(34,35)40-35)19-18-31(39)37-24-28-14-9-8-10-15-28/h8-10,14-15,25-27,29-30,38H,11-13,16-24H2,1-7H3,(H,37,39)/t26-,27+,29+,30+,32-,33+,34+,35+,36+/m1/s1. The number of carbonyl (C=O) groups excluding carboxylic acids is 1. The molecule has 1 aliphatic heterocycles. The van der Waals surface area contributed by atoms with Crippen LogP contribution in [-0.4, -0.2) is 28.3 Å². The Morgan fingerprint density at radius 3 is 2.33 bits per heavy atom. The maximum absolute atomic E-state index is 13.1. The molecule has 9 atom stereocenters. The van der Waals surface area contributed by atoms with E-state index in [2.05, 4.69) is 59.0 Å². The first-order chi connectivity index (χ1) is 18.9. The molecule has 0 bridgehead atoms. The van der Waals surface area contributed by atoms with Crippen molar-refractivity contribution in [1.82, 2.24) is 5.32 Å². The van der Waals surface area contributed by atoms with Crippen LogP contribution in [0, 0.1) is 39.9 Å². The second-order valence-electron chi connectivity index (χ2n) is 15.5. The van der Waals surface area contributed by atoms with Crippen molar-refractivity contribution in [2.45, 2.75) is 143 Å². The molecule has 4 fully saturated rings. The van der Waals surface area contributed by atoms with Crippen molar-refractivity contribution in [3.05, 3.63) is 35.9 Å². The Morgan fingerprint density at radius 2 is 1.65 bits per heavy atom. The second kappa shape index (κ2) is 10.7. The molecule has 4 heteroatoms. The van der Waals surface area contributed by atoms with Gasteiger partial charge in [-0.15, -0.1) is 0 Å². The second-order valence-corrected chi connectivity index (χ2v) is 15.5. The quantitative estimate of drug-likeness (QED) is 0.273. The van der Waals surface area contributed by atoms with Crippen LogP contribution in [-0.2, 0) is 16.1 Å².